The Bertz CT molecular complexity index is 366. The van der Waals surface area contributed by atoms with Gasteiger partial charge in [-0.05, 0) is 39.8 Å². The third kappa shape index (κ3) is 5.57. The van der Waals surface area contributed by atoms with Crippen LogP contribution in [0.1, 0.15) is 33.3 Å². The first-order valence-corrected chi connectivity index (χ1v) is 6.96. The van der Waals surface area contributed by atoms with Gasteiger partial charge in [0.05, 0.1) is 0 Å². The Balaban J connectivity index is 2.45. The van der Waals surface area contributed by atoms with Gasteiger partial charge in [0, 0.05) is 40.3 Å². The van der Waals surface area contributed by atoms with Crippen LogP contribution >= 0.6 is 23.2 Å². The van der Waals surface area contributed by atoms with Crippen LogP contribution in [-0.4, -0.2) is 18.1 Å². The molecule has 1 aromatic rings. The second-order valence-corrected chi connectivity index (χ2v) is 6.43. The van der Waals surface area contributed by atoms with Crippen molar-refractivity contribution >= 4 is 23.2 Å². The fourth-order valence-electron chi connectivity index (χ4n) is 1.51. The third-order valence-electron chi connectivity index (χ3n) is 2.63. The van der Waals surface area contributed by atoms with Gasteiger partial charge in [-0.1, -0.05) is 29.3 Å². The van der Waals surface area contributed by atoms with E-state index in [9.17, 15) is 0 Å². The van der Waals surface area contributed by atoms with E-state index in [1.807, 2.05) is 18.2 Å². The Hall–Kier alpha value is -0.280. The van der Waals surface area contributed by atoms with Gasteiger partial charge in [-0.15, -0.1) is 0 Å². The van der Waals surface area contributed by atoms with Crippen LogP contribution < -0.4 is 10.6 Å². The molecule has 0 aliphatic heterocycles. The molecule has 1 atom stereocenters. The molecule has 0 amide bonds. The van der Waals surface area contributed by atoms with Crippen molar-refractivity contribution in [3.8, 4) is 0 Å². The van der Waals surface area contributed by atoms with Crippen LogP contribution in [0.25, 0.3) is 0 Å². The number of rotatable bonds is 5. The van der Waals surface area contributed by atoms with Crippen LogP contribution in [0.2, 0.25) is 10.0 Å². The maximum absolute atomic E-state index is 6.12. The van der Waals surface area contributed by atoms with Crippen molar-refractivity contribution in [1.82, 2.24) is 10.6 Å². The second kappa shape index (κ2) is 6.76. The van der Waals surface area contributed by atoms with Crippen molar-refractivity contribution in [1.29, 1.82) is 0 Å². The lowest BCUT2D eigenvalue weighted by Crippen LogP contribution is -2.44. The van der Waals surface area contributed by atoms with Crippen molar-refractivity contribution in [2.45, 2.75) is 45.8 Å². The Kier molecular flexibility index (Phi) is 5.93. The molecule has 0 aliphatic rings. The van der Waals surface area contributed by atoms with Gasteiger partial charge in [0.2, 0.25) is 0 Å². The van der Waals surface area contributed by atoms with E-state index < -0.39 is 0 Å². The monoisotopic (exact) mass is 288 g/mol. The number of benzene rings is 1. The summed E-state index contributed by atoms with van der Waals surface area (Å²) in [5.41, 5.74) is 1.10. The molecule has 0 saturated carbocycles. The largest absolute Gasteiger partial charge is 0.311 e. The van der Waals surface area contributed by atoms with E-state index in [-0.39, 0.29) is 5.54 Å². The van der Waals surface area contributed by atoms with Gasteiger partial charge in [0.1, 0.15) is 0 Å². The molecule has 0 heterocycles. The zero-order valence-corrected chi connectivity index (χ0v) is 13.0. The summed E-state index contributed by atoms with van der Waals surface area (Å²) in [5.74, 6) is 0. The van der Waals surface area contributed by atoms with E-state index in [1.165, 1.54) is 0 Å². The van der Waals surface area contributed by atoms with Gasteiger partial charge >= 0.3 is 0 Å². The van der Waals surface area contributed by atoms with Gasteiger partial charge in [0.25, 0.3) is 0 Å². The third-order valence-corrected chi connectivity index (χ3v) is 3.34. The Morgan fingerprint density at radius 3 is 2.22 bits per heavy atom. The highest BCUT2D eigenvalue weighted by atomic mass is 35.5. The number of nitrogens with one attached hydrogen (secondary N) is 2. The zero-order valence-electron chi connectivity index (χ0n) is 11.5. The number of halogens is 2. The maximum atomic E-state index is 6.12. The molecule has 0 bridgehead atoms. The van der Waals surface area contributed by atoms with Gasteiger partial charge in [-0.3, -0.25) is 0 Å². The lowest BCUT2D eigenvalue weighted by atomic mass is 10.1. The molecule has 18 heavy (non-hydrogen) atoms. The Morgan fingerprint density at radius 1 is 1.17 bits per heavy atom. The lowest BCUT2D eigenvalue weighted by Gasteiger charge is -2.24. The van der Waals surface area contributed by atoms with E-state index in [0.717, 1.165) is 12.1 Å². The van der Waals surface area contributed by atoms with Crippen molar-refractivity contribution in [2.24, 2.45) is 0 Å². The highest BCUT2D eigenvalue weighted by Gasteiger charge is 2.11. The summed E-state index contributed by atoms with van der Waals surface area (Å²) in [6, 6.07) is 5.95. The first kappa shape index (κ1) is 15.8. The number of hydrogen-bond acceptors (Lipinski definition) is 2. The molecule has 2 nitrogen and oxygen atoms in total. The lowest BCUT2D eigenvalue weighted by molar-refractivity contribution is 0.387. The van der Waals surface area contributed by atoms with Gasteiger partial charge in [-0.25, -0.2) is 0 Å². The van der Waals surface area contributed by atoms with E-state index in [1.54, 1.807) is 0 Å². The molecule has 0 aliphatic carbocycles. The molecular formula is C14H22Cl2N2. The summed E-state index contributed by atoms with van der Waals surface area (Å²) in [7, 11) is 0. The Morgan fingerprint density at radius 2 is 1.72 bits per heavy atom. The summed E-state index contributed by atoms with van der Waals surface area (Å²) >= 11 is 12.2. The fourth-order valence-corrected chi connectivity index (χ4v) is 2.04. The topological polar surface area (TPSA) is 24.1 Å². The molecular weight excluding hydrogens is 267 g/mol. The van der Waals surface area contributed by atoms with E-state index in [0.29, 0.717) is 22.6 Å². The molecule has 0 saturated heterocycles. The SMILES string of the molecule is CC(CNC(C)(C)C)NCc1c(Cl)cccc1Cl. The van der Waals surface area contributed by atoms with Gasteiger partial charge < -0.3 is 10.6 Å². The molecule has 102 valence electrons. The van der Waals surface area contributed by atoms with Gasteiger partial charge in [-0.2, -0.15) is 0 Å². The smallest absolute Gasteiger partial charge is 0.0465 e. The highest BCUT2D eigenvalue weighted by Crippen LogP contribution is 2.23. The molecule has 0 fully saturated rings. The normalized spacial score (nSPS) is 13.7. The van der Waals surface area contributed by atoms with Crippen molar-refractivity contribution in [3.63, 3.8) is 0 Å². The molecule has 1 rings (SSSR count). The molecule has 1 unspecified atom stereocenters. The summed E-state index contributed by atoms with van der Waals surface area (Å²) in [4.78, 5) is 0. The summed E-state index contributed by atoms with van der Waals surface area (Å²) in [6.45, 7) is 10.2. The van der Waals surface area contributed by atoms with Crippen LogP contribution in [0.4, 0.5) is 0 Å². The molecule has 0 aromatic heterocycles. The standard InChI is InChI=1S/C14H22Cl2N2/c1-10(8-18-14(2,3)4)17-9-11-12(15)6-5-7-13(11)16/h5-7,10,17-18H,8-9H2,1-4H3. The molecule has 0 radical (unpaired) electrons. The average Bonchev–Trinajstić information content (AvgIpc) is 2.25. The van der Waals surface area contributed by atoms with Crippen molar-refractivity contribution in [2.75, 3.05) is 6.54 Å². The van der Waals surface area contributed by atoms with Crippen LogP contribution in [0, 0.1) is 0 Å². The van der Waals surface area contributed by atoms with Crippen LogP contribution in [-0.2, 0) is 6.54 Å². The quantitative estimate of drug-likeness (QED) is 0.860. The van der Waals surface area contributed by atoms with Crippen LogP contribution in [0.15, 0.2) is 18.2 Å². The van der Waals surface area contributed by atoms with Crippen molar-refractivity contribution < 1.29 is 0 Å². The fraction of sp³-hybridized carbons (Fsp3) is 0.571. The average molecular weight is 289 g/mol. The Labute approximate surface area is 120 Å². The highest BCUT2D eigenvalue weighted by molar-refractivity contribution is 6.35. The first-order valence-electron chi connectivity index (χ1n) is 6.21. The first-order chi connectivity index (χ1) is 8.29. The van der Waals surface area contributed by atoms with Crippen molar-refractivity contribution in [3.05, 3.63) is 33.8 Å². The van der Waals surface area contributed by atoms with Crippen LogP contribution in [0.3, 0.4) is 0 Å². The van der Waals surface area contributed by atoms with Gasteiger partial charge in [0.15, 0.2) is 0 Å². The van der Waals surface area contributed by atoms with E-state index in [4.69, 9.17) is 23.2 Å². The predicted octanol–water partition coefficient (Wildman–Crippen LogP) is 3.86. The molecule has 4 heteroatoms. The summed E-state index contributed by atoms with van der Waals surface area (Å²) in [5, 5.41) is 8.31. The molecule has 0 spiro atoms. The maximum Gasteiger partial charge on any atom is 0.0465 e. The molecule has 2 N–H and O–H groups in total. The van der Waals surface area contributed by atoms with Crippen LogP contribution in [0.5, 0.6) is 0 Å². The second-order valence-electron chi connectivity index (χ2n) is 5.61. The number of hydrogen-bond donors (Lipinski definition) is 2. The minimum atomic E-state index is 0.137. The minimum Gasteiger partial charge on any atom is -0.311 e. The minimum absolute atomic E-state index is 0.137. The predicted molar refractivity (Wildman–Crippen MR) is 80.5 cm³/mol. The van der Waals surface area contributed by atoms with E-state index in [2.05, 4.69) is 38.3 Å². The van der Waals surface area contributed by atoms with E-state index >= 15 is 0 Å². The zero-order chi connectivity index (χ0) is 13.8. The molecule has 1 aromatic carbocycles. The summed E-state index contributed by atoms with van der Waals surface area (Å²) < 4.78 is 0. The summed E-state index contributed by atoms with van der Waals surface area (Å²) in [6.07, 6.45) is 0.